The van der Waals surface area contributed by atoms with Crippen LogP contribution in [0.25, 0.3) is 0 Å². The number of carbonyl (C=O) groups is 3. The van der Waals surface area contributed by atoms with E-state index < -0.39 is 23.9 Å². The molecule has 0 saturated heterocycles. The van der Waals surface area contributed by atoms with Gasteiger partial charge in [0.15, 0.2) is 11.5 Å². The number of methoxy groups -OCH3 is 2. The first-order chi connectivity index (χ1) is 12.1. The quantitative estimate of drug-likeness (QED) is 0.461. The monoisotopic (exact) mass is 455 g/mol. The Bertz CT molecular complexity index is 639. The van der Waals surface area contributed by atoms with Crippen molar-refractivity contribution in [3.8, 4) is 11.5 Å². The first-order valence-electron chi connectivity index (χ1n) is 7.10. The van der Waals surface area contributed by atoms with Crippen molar-refractivity contribution in [2.75, 3.05) is 14.2 Å². The number of aliphatic carboxylic acids is 2. The SMILES string of the molecule is COc1c(Cl)cc(Br)c(OC)c1C(=O)O.N[C@H](CCCC(=O)O)C(=O)O. The Labute approximate surface area is 162 Å². The van der Waals surface area contributed by atoms with Gasteiger partial charge in [-0.15, -0.1) is 0 Å². The summed E-state index contributed by atoms with van der Waals surface area (Å²) >= 11 is 9.00. The first kappa shape index (κ1) is 24.0. The Kier molecular flexibility index (Phi) is 10.6. The molecule has 0 bridgehead atoms. The molecule has 0 unspecified atom stereocenters. The van der Waals surface area contributed by atoms with Crippen molar-refractivity contribution >= 4 is 45.4 Å². The van der Waals surface area contributed by atoms with Crippen LogP contribution in [0.3, 0.4) is 0 Å². The number of halogens is 2. The minimum Gasteiger partial charge on any atom is -0.495 e. The van der Waals surface area contributed by atoms with Gasteiger partial charge < -0.3 is 30.5 Å². The number of benzene rings is 1. The van der Waals surface area contributed by atoms with Crippen LogP contribution in [0.5, 0.6) is 11.5 Å². The number of nitrogens with two attached hydrogens (primary N) is 1. The lowest BCUT2D eigenvalue weighted by molar-refractivity contribution is -0.140. The maximum atomic E-state index is 11.0. The molecule has 9 nitrogen and oxygen atoms in total. The summed E-state index contributed by atoms with van der Waals surface area (Å²) in [6.07, 6.45) is 0.491. The highest BCUT2D eigenvalue weighted by Crippen LogP contribution is 2.40. The number of rotatable bonds is 8. The molecule has 1 atom stereocenters. The predicted molar refractivity (Wildman–Crippen MR) is 96.3 cm³/mol. The Balaban J connectivity index is 0.000000508. The van der Waals surface area contributed by atoms with E-state index in [1.165, 1.54) is 20.3 Å². The summed E-state index contributed by atoms with van der Waals surface area (Å²) in [5, 5.41) is 25.7. The molecule has 0 aliphatic rings. The van der Waals surface area contributed by atoms with Gasteiger partial charge in [-0.25, -0.2) is 4.79 Å². The molecule has 5 N–H and O–H groups in total. The zero-order valence-corrected chi connectivity index (χ0v) is 16.3. The molecule has 0 radical (unpaired) electrons. The largest absolute Gasteiger partial charge is 0.495 e. The Morgan fingerprint density at radius 3 is 2.12 bits per heavy atom. The van der Waals surface area contributed by atoms with E-state index in [4.69, 9.17) is 42.1 Å². The van der Waals surface area contributed by atoms with E-state index in [0.717, 1.165) is 0 Å². The van der Waals surface area contributed by atoms with Crippen molar-refractivity contribution in [2.45, 2.75) is 25.3 Å². The van der Waals surface area contributed by atoms with Crippen LogP contribution < -0.4 is 15.2 Å². The number of hydrogen-bond donors (Lipinski definition) is 4. The molecule has 26 heavy (non-hydrogen) atoms. The average molecular weight is 457 g/mol. The Morgan fingerprint density at radius 2 is 1.73 bits per heavy atom. The van der Waals surface area contributed by atoms with E-state index in [2.05, 4.69) is 15.9 Å². The van der Waals surface area contributed by atoms with Crippen LogP contribution in [0, 0.1) is 0 Å². The molecule has 11 heteroatoms. The van der Waals surface area contributed by atoms with Crippen molar-refractivity contribution < 1.29 is 39.2 Å². The van der Waals surface area contributed by atoms with Crippen LogP contribution in [0.4, 0.5) is 0 Å². The van der Waals surface area contributed by atoms with Gasteiger partial charge in [-0.05, 0) is 34.8 Å². The fourth-order valence-electron chi connectivity index (χ4n) is 1.77. The maximum absolute atomic E-state index is 11.0. The first-order valence-corrected chi connectivity index (χ1v) is 8.27. The molecular weight excluding hydrogens is 438 g/mol. The second kappa shape index (κ2) is 11.6. The van der Waals surface area contributed by atoms with E-state index >= 15 is 0 Å². The third-order valence-electron chi connectivity index (χ3n) is 2.99. The molecule has 0 aliphatic carbocycles. The van der Waals surface area contributed by atoms with Crippen LogP contribution >= 0.6 is 27.5 Å². The second-order valence-electron chi connectivity index (χ2n) is 4.82. The second-order valence-corrected chi connectivity index (χ2v) is 6.08. The van der Waals surface area contributed by atoms with Crippen molar-refractivity contribution in [1.29, 1.82) is 0 Å². The molecular formula is C15H19BrClNO8. The van der Waals surface area contributed by atoms with E-state index in [-0.39, 0.29) is 34.9 Å². The summed E-state index contributed by atoms with van der Waals surface area (Å²) in [6.45, 7) is 0. The highest BCUT2D eigenvalue weighted by atomic mass is 79.9. The normalized spacial score (nSPS) is 11.0. The number of carboxylic acids is 3. The fourth-order valence-corrected chi connectivity index (χ4v) is 2.78. The van der Waals surface area contributed by atoms with Gasteiger partial charge in [0.1, 0.15) is 11.6 Å². The van der Waals surface area contributed by atoms with Crippen LogP contribution in [0.2, 0.25) is 5.02 Å². The lowest BCUT2D eigenvalue weighted by Gasteiger charge is -2.12. The van der Waals surface area contributed by atoms with Gasteiger partial charge in [0.25, 0.3) is 0 Å². The zero-order valence-electron chi connectivity index (χ0n) is 14.0. The van der Waals surface area contributed by atoms with Gasteiger partial charge in [-0.3, -0.25) is 9.59 Å². The fraction of sp³-hybridized carbons (Fsp3) is 0.400. The maximum Gasteiger partial charge on any atom is 0.343 e. The minimum absolute atomic E-state index is 0.0268. The molecule has 0 spiro atoms. The van der Waals surface area contributed by atoms with Gasteiger partial charge in [0.05, 0.1) is 23.7 Å². The molecule has 0 heterocycles. The molecule has 0 amide bonds. The number of ether oxygens (including phenoxy) is 2. The summed E-state index contributed by atoms with van der Waals surface area (Å²) in [7, 11) is 2.72. The van der Waals surface area contributed by atoms with E-state index in [1.807, 2.05) is 0 Å². The van der Waals surface area contributed by atoms with Crippen molar-refractivity contribution in [1.82, 2.24) is 0 Å². The third-order valence-corrected chi connectivity index (χ3v) is 3.86. The zero-order chi connectivity index (χ0) is 20.4. The highest BCUT2D eigenvalue weighted by Gasteiger charge is 2.23. The van der Waals surface area contributed by atoms with E-state index in [0.29, 0.717) is 10.9 Å². The summed E-state index contributed by atoms with van der Waals surface area (Å²) in [6, 6.07) is 0.584. The number of aromatic carboxylic acids is 1. The van der Waals surface area contributed by atoms with Gasteiger partial charge in [0, 0.05) is 6.42 Å². The summed E-state index contributed by atoms with van der Waals surface area (Å²) < 4.78 is 10.4. The van der Waals surface area contributed by atoms with Crippen molar-refractivity contribution in [2.24, 2.45) is 5.73 Å². The molecule has 1 aromatic rings. The molecule has 146 valence electrons. The molecule has 0 aliphatic heterocycles. The predicted octanol–water partition coefficient (Wildman–Crippen LogP) is 2.47. The third kappa shape index (κ3) is 7.46. The Hall–Kier alpha value is -2.04. The standard InChI is InChI=1S/C9H8BrClO4.C6H11NO4/c1-14-7-4(10)3-5(11)8(15-2)6(7)9(12)13;7-4(6(10)11)2-1-3-5(8)9/h3H,1-2H3,(H,12,13);4H,1-3,7H2,(H,8,9)(H,10,11)/t;4-/m.1/s1. The van der Waals surface area contributed by atoms with Gasteiger partial charge in [-0.1, -0.05) is 11.6 Å². The molecule has 1 rings (SSSR count). The van der Waals surface area contributed by atoms with Crippen LogP contribution in [-0.4, -0.2) is 53.5 Å². The van der Waals surface area contributed by atoms with Gasteiger partial charge in [0.2, 0.25) is 0 Å². The van der Waals surface area contributed by atoms with Crippen LogP contribution in [-0.2, 0) is 9.59 Å². The Morgan fingerprint density at radius 1 is 1.19 bits per heavy atom. The lowest BCUT2D eigenvalue weighted by atomic mass is 10.1. The van der Waals surface area contributed by atoms with Crippen LogP contribution in [0.15, 0.2) is 10.5 Å². The number of carboxylic acid groups (broad SMARTS) is 3. The van der Waals surface area contributed by atoms with E-state index in [9.17, 15) is 14.4 Å². The average Bonchev–Trinajstić information content (AvgIpc) is 2.54. The summed E-state index contributed by atoms with van der Waals surface area (Å²) in [4.78, 5) is 31.1. The number of hydrogen-bond acceptors (Lipinski definition) is 6. The highest BCUT2D eigenvalue weighted by molar-refractivity contribution is 9.10. The van der Waals surface area contributed by atoms with Crippen molar-refractivity contribution in [3.05, 3.63) is 21.1 Å². The van der Waals surface area contributed by atoms with Gasteiger partial charge >= 0.3 is 17.9 Å². The molecule has 0 aromatic heterocycles. The molecule has 0 saturated carbocycles. The van der Waals surface area contributed by atoms with Crippen LogP contribution in [0.1, 0.15) is 29.6 Å². The molecule has 0 fully saturated rings. The molecule has 1 aromatic carbocycles. The lowest BCUT2D eigenvalue weighted by Crippen LogP contribution is -2.29. The smallest absolute Gasteiger partial charge is 0.343 e. The van der Waals surface area contributed by atoms with Gasteiger partial charge in [-0.2, -0.15) is 0 Å². The summed E-state index contributed by atoms with van der Waals surface area (Å²) in [5.41, 5.74) is 5.01. The minimum atomic E-state index is -1.16. The summed E-state index contributed by atoms with van der Waals surface area (Å²) in [5.74, 6) is -2.90. The van der Waals surface area contributed by atoms with Crippen molar-refractivity contribution in [3.63, 3.8) is 0 Å². The topological polar surface area (TPSA) is 156 Å². The van der Waals surface area contributed by atoms with E-state index in [1.54, 1.807) is 0 Å².